The maximum Gasteiger partial charge on any atom is 0.184 e. The second-order valence-electron chi connectivity index (χ2n) is 2.55. The molecule has 0 aromatic heterocycles. The SMILES string of the molecule is COC(OC)c1ccccc1SC. The molecule has 1 rings (SSSR count). The van der Waals surface area contributed by atoms with Gasteiger partial charge in [0.1, 0.15) is 0 Å². The van der Waals surface area contributed by atoms with E-state index in [1.54, 1.807) is 26.0 Å². The first-order valence-corrected chi connectivity index (χ1v) is 5.24. The largest absolute Gasteiger partial charge is 0.352 e. The second kappa shape index (κ2) is 5.27. The van der Waals surface area contributed by atoms with Crippen molar-refractivity contribution in [2.24, 2.45) is 0 Å². The van der Waals surface area contributed by atoms with Gasteiger partial charge in [0.2, 0.25) is 0 Å². The van der Waals surface area contributed by atoms with Gasteiger partial charge in [-0.15, -0.1) is 11.8 Å². The summed E-state index contributed by atoms with van der Waals surface area (Å²) in [5.41, 5.74) is 1.08. The molecule has 0 atom stereocenters. The summed E-state index contributed by atoms with van der Waals surface area (Å²) in [5.74, 6) is 0. The maximum absolute atomic E-state index is 5.19. The quantitative estimate of drug-likeness (QED) is 0.547. The van der Waals surface area contributed by atoms with Crippen LogP contribution in [0.3, 0.4) is 0 Å². The average Bonchev–Trinajstić information content (AvgIpc) is 2.20. The Labute approximate surface area is 83.2 Å². The molecule has 0 unspecified atom stereocenters. The minimum Gasteiger partial charge on any atom is -0.352 e. The zero-order valence-electron chi connectivity index (χ0n) is 8.11. The highest BCUT2D eigenvalue weighted by Gasteiger charge is 2.11. The fraction of sp³-hybridized carbons (Fsp3) is 0.400. The summed E-state index contributed by atoms with van der Waals surface area (Å²) in [7, 11) is 3.29. The van der Waals surface area contributed by atoms with Crippen molar-refractivity contribution in [2.75, 3.05) is 20.5 Å². The topological polar surface area (TPSA) is 18.5 Å². The van der Waals surface area contributed by atoms with Crippen molar-refractivity contribution in [3.05, 3.63) is 29.8 Å². The van der Waals surface area contributed by atoms with Gasteiger partial charge in [0.25, 0.3) is 0 Å². The molecule has 0 amide bonds. The van der Waals surface area contributed by atoms with E-state index in [4.69, 9.17) is 9.47 Å². The minimum atomic E-state index is -0.261. The van der Waals surface area contributed by atoms with Crippen LogP contribution in [-0.4, -0.2) is 20.5 Å². The van der Waals surface area contributed by atoms with E-state index < -0.39 is 0 Å². The number of hydrogen-bond donors (Lipinski definition) is 0. The number of benzene rings is 1. The summed E-state index contributed by atoms with van der Waals surface area (Å²) >= 11 is 1.69. The molecule has 0 radical (unpaired) electrons. The lowest BCUT2D eigenvalue weighted by atomic mass is 10.2. The average molecular weight is 198 g/mol. The van der Waals surface area contributed by atoms with E-state index in [9.17, 15) is 0 Å². The first-order valence-electron chi connectivity index (χ1n) is 4.02. The molecule has 0 bridgehead atoms. The van der Waals surface area contributed by atoms with E-state index in [0.29, 0.717) is 0 Å². The first-order chi connectivity index (χ1) is 6.33. The van der Waals surface area contributed by atoms with Gasteiger partial charge >= 0.3 is 0 Å². The number of thioether (sulfide) groups is 1. The summed E-state index contributed by atoms with van der Waals surface area (Å²) in [4.78, 5) is 1.19. The maximum atomic E-state index is 5.19. The van der Waals surface area contributed by atoms with Gasteiger partial charge in [-0.1, -0.05) is 18.2 Å². The fourth-order valence-electron chi connectivity index (χ4n) is 1.21. The number of ether oxygens (including phenoxy) is 2. The zero-order chi connectivity index (χ0) is 9.68. The van der Waals surface area contributed by atoms with Crippen LogP contribution in [0.15, 0.2) is 29.2 Å². The van der Waals surface area contributed by atoms with Gasteiger partial charge in [0, 0.05) is 24.7 Å². The molecular weight excluding hydrogens is 184 g/mol. The van der Waals surface area contributed by atoms with Gasteiger partial charge in [0.05, 0.1) is 0 Å². The van der Waals surface area contributed by atoms with Crippen LogP contribution in [0.25, 0.3) is 0 Å². The van der Waals surface area contributed by atoms with E-state index in [2.05, 4.69) is 6.07 Å². The summed E-state index contributed by atoms with van der Waals surface area (Å²) in [6.45, 7) is 0. The normalized spacial score (nSPS) is 10.8. The Balaban J connectivity index is 2.96. The highest BCUT2D eigenvalue weighted by Crippen LogP contribution is 2.27. The zero-order valence-corrected chi connectivity index (χ0v) is 8.93. The highest BCUT2D eigenvalue weighted by atomic mass is 32.2. The van der Waals surface area contributed by atoms with Crippen LogP contribution < -0.4 is 0 Å². The van der Waals surface area contributed by atoms with Gasteiger partial charge in [-0.25, -0.2) is 0 Å². The molecule has 1 aromatic carbocycles. The van der Waals surface area contributed by atoms with Crippen LogP contribution in [0.5, 0.6) is 0 Å². The van der Waals surface area contributed by atoms with Crippen molar-refractivity contribution in [2.45, 2.75) is 11.2 Å². The molecule has 0 aliphatic rings. The molecule has 0 heterocycles. The second-order valence-corrected chi connectivity index (χ2v) is 3.39. The van der Waals surface area contributed by atoms with Crippen LogP contribution in [-0.2, 0) is 9.47 Å². The molecule has 0 aliphatic heterocycles. The van der Waals surface area contributed by atoms with Crippen LogP contribution in [0, 0.1) is 0 Å². The fourth-order valence-corrected chi connectivity index (χ4v) is 1.83. The molecule has 0 N–H and O–H groups in total. The summed E-state index contributed by atoms with van der Waals surface area (Å²) in [6.07, 6.45) is 1.78. The van der Waals surface area contributed by atoms with Gasteiger partial charge in [-0.05, 0) is 12.3 Å². The molecule has 3 heteroatoms. The third-order valence-corrected chi connectivity index (χ3v) is 2.63. The Morgan fingerprint density at radius 1 is 1.15 bits per heavy atom. The first kappa shape index (κ1) is 10.6. The predicted molar refractivity (Wildman–Crippen MR) is 55.0 cm³/mol. The Morgan fingerprint density at radius 2 is 1.77 bits per heavy atom. The van der Waals surface area contributed by atoms with Crippen LogP contribution in [0.4, 0.5) is 0 Å². The molecular formula is C10H14O2S. The molecule has 0 aliphatic carbocycles. The van der Waals surface area contributed by atoms with E-state index in [-0.39, 0.29) is 6.29 Å². The highest BCUT2D eigenvalue weighted by molar-refractivity contribution is 7.98. The molecule has 0 spiro atoms. The molecule has 0 saturated carbocycles. The minimum absolute atomic E-state index is 0.261. The third-order valence-electron chi connectivity index (χ3n) is 1.82. The molecule has 72 valence electrons. The Morgan fingerprint density at radius 3 is 2.31 bits per heavy atom. The monoisotopic (exact) mass is 198 g/mol. The third kappa shape index (κ3) is 2.46. The van der Waals surface area contributed by atoms with Crippen molar-refractivity contribution in [3.63, 3.8) is 0 Å². The smallest absolute Gasteiger partial charge is 0.184 e. The molecule has 13 heavy (non-hydrogen) atoms. The lowest BCUT2D eigenvalue weighted by Crippen LogP contribution is -2.04. The Bertz CT molecular complexity index is 259. The van der Waals surface area contributed by atoms with Crippen molar-refractivity contribution in [1.82, 2.24) is 0 Å². The van der Waals surface area contributed by atoms with Crippen molar-refractivity contribution < 1.29 is 9.47 Å². The molecule has 2 nitrogen and oxygen atoms in total. The van der Waals surface area contributed by atoms with Crippen LogP contribution in [0.1, 0.15) is 11.9 Å². The number of rotatable bonds is 4. The predicted octanol–water partition coefficient (Wildman–Crippen LogP) is 2.70. The molecule has 1 aromatic rings. The summed E-state index contributed by atoms with van der Waals surface area (Å²) < 4.78 is 10.4. The van der Waals surface area contributed by atoms with Crippen molar-refractivity contribution in [1.29, 1.82) is 0 Å². The van der Waals surface area contributed by atoms with Gasteiger partial charge < -0.3 is 9.47 Å². The van der Waals surface area contributed by atoms with Gasteiger partial charge in [-0.3, -0.25) is 0 Å². The molecule has 0 saturated heterocycles. The lowest BCUT2D eigenvalue weighted by Gasteiger charge is -2.16. The van der Waals surface area contributed by atoms with E-state index >= 15 is 0 Å². The number of methoxy groups -OCH3 is 2. The van der Waals surface area contributed by atoms with Gasteiger partial charge in [-0.2, -0.15) is 0 Å². The van der Waals surface area contributed by atoms with E-state index in [1.165, 1.54) is 4.90 Å². The Kier molecular flexibility index (Phi) is 4.28. The summed E-state index contributed by atoms with van der Waals surface area (Å²) in [6, 6.07) is 8.08. The molecule has 0 fully saturated rings. The van der Waals surface area contributed by atoms with Gasteiger partial charge in [0.15, 0.2) is 6.29 Å². The van der Waals surface area contributed by atoms with Crippen LogP contribution >= 0.6 is 11.8 Å². The van der Waals surface area contributed by atoms with E-state index in [1.807, 2.05) is 24.5 Å². The van der Waals surface area contributed by atoms with Crippen molar-refractivity contribution >= 4 is 11.8 Å². The van der Waals surface area contributed by atoms with Crippen LogP contribution in [0.2, 0.25) is 0 Å². The number of hydrogen-bond acceptors (Lipinski definition) is 3. The summed E-state index contributed by atoms with van der Waals surface area (Å²) in [5, 5.41) is 0. The van der Waals surface area contributed by atoms with E-state index in [0.717, 1.165) is 5.56 Å². The lowest BCUT2D eigenvalue weighted by molar-refractivity contribution is -0.107. The Hall–Kier alpha value is -0.510. The van der Waals surface area contributed by atoms with Crippen molar-refractivity contribution in [3.8, 4) is 0 Å². The standard InChI is InChI=1S/C10H14O2S/c1-11-10(12-2)8-6-4-5-7-9(8)13-3/h4-7,10H,1-3H3.